The Morgan fingerprint density at radius 2 is 2.11 bits per heavy atom. The molecular weight excluding hydrogens is 256 g/mol. The highest BCUT2D eigenvalue weighted by molar-refractivity contribution is 7.98. The molecule has 0 aliphatic carbocycles. The second-order valence-corrected chi connectivity index (χ2v) is 4.04. The molecule has 98 valence electrons. The quantitative estimate of drug-likeness (QED) is 0.242. The molecule has 0 saturated carbocycles. The van der Waals surface area contributed by atoms with E-state index in [2.05, 4.69) is 4.74 Å². The molecule has 7 nitrogen and oxygen atoms in total. The van der Waals surface area contributed by atoms with Crippen molar-refractivity contribution >= 4 is 29.4 Å². The average molecular weight is 270 g/mol. The van der Waals surface area contributed by atoms with Crippen LogP contribution in [0.15, 0.2) is 23.1 Å². The third-order valence-electron chi connectivity index (χ3n) is 2.21. The molecule has 0 bridgehead atoms. The Labute approximate surface area is 108 Å². The van der Waals surface area contributed by atoms with E-state index in [1.165, 1.54) is 24.9 Å². The highest BCUT2D eigenvalue weighted by Gasteiger charge is 2.16. The van der Waals surface area contributed by atoms with E-state index in [1.54, 1.807) is 12.1 Å². The summed E-state index contributed by atoms with van der Waals surface area (Å²) < 4.78 is 4.66. The fourth-order valence-electron chi connectivity index (χ4n) is 1.30. The molecule has 0 radical (unpaired) electrons. The molecule has 8 heteroatoms. The van der Waals surface area contributed by atoms with E-state index in [9.17, 15) is 9.59 Å². The van der Waals surface area contributed by atoms with Gasteiger partial charge in [0.05, 0.1) is 18.4 Å². The zero-order valence-corrected chi connectivity index (χ0v) is 10.8. The first-order valence-electron chi connectivity index (χ1n) is 4.87. The van der Waals surface area contributed by atoms with Crippen LogP contribution in [0.5, 0.6) is 0 Å². The third kappa shape index (κ3) is 2.92. The lowest BCUT2D eigenvalue weighted by molar-refractivity contribution is 0.0597. The van der Waals surface area contributed by atoms with Gasteiger partial charge in [-0.1, -0.05) is 0 Å². The number of nitrogens with zero attached hydrogens (tertiary/aromatic N) is 1. The summed E-state index contributed by atoms with van der Waals surface area (Å²) in [5.41, 5.74) is 2.56. The first kappa shape index (κ1) is 14.3. The lowest BCUT2D eigenvalue weighted by Gasteiger charge is -2.17. The van der Waals surface area contributed by atoms with Crippen LogP contribution in [0.25, 0.3) is 0 Å². The monoisotopic (exact) mass is 270 g/mol. The SMILES string of the molecule is COC(=O)c1cc(N(N)C(=O)NN)ccc1SC. The standard InChI is InChI=1S/C10H14N4O3S/c1-17-9(15)7-5-6(3-4-8(7)18-2)14(12)10(16)13-11/h3-5H,11-12H2,1-2H3,(H,13,16). The van der Waals surface area contributed by atoms with Crippen LogP contribution in [0.2, 0.25) is 0 Å². The number of benzene rings is 1. The summed E-state index contributed by atoms with van der Waals surface area (Å²) >= 11 is 1.39. The Morgan fingerprint density at radius 1 is 1.44 bits per heavy atom. The van der Waals surface area contributed by atoms with Crippen molar-refractivity contribution in [3.05, 3.63) is 23.8 Å². The van der Waals surface area contributed by atoms with Gasteiger partial charge in [0, 0.05) is 4.90 Å². The second kappa shape index (κ2) is 6.24. The lowest BCUT2D eigenvalue weighted by Crippen LogP contribution is -2.47. The summed E-state index contributed by atoms with van der Waals surface area (Å²) in [5, 5.41) is 0.802. The molecule has 1 rings (SSSR count). The fraction of sp³-hybridized carbons (Fsp3) is 0.200. The number of hydrogen-bond donors (Lipinski definition) is 3. The van der Waals surface area contributed by atoms with Gasteiger partial charge in [-0.2, -0.15) is 0 Å². The molecule has 0 fully saturated rings. The van der Waals surface area contributed by atoms with Crippen molar-refractivity contribution in [3.8, 4) is 0 Å². The van der Waals surface area contributed by atoms with Crippen LogP contribution in [-0.4, -0.2) is 25.4 Å². The summed E-state index contributed by atoms with van der Waals surface area (Å²) in [6.07, 6.45) is 1.83. The van der Waals surface area contributed by atoms with Crippen LogP contribution in [0, 0.1) is 0 Å². The maximum atomic E-state index is 11.6. The molecule has 2 amide bonds. The van der Waals surface area contributed by atoms with Crippen LogP contribution >= 0.6 is 11.8 Å². The lowest BCUT2D eigenvalue weighted by atomic mass is 10.2. The zero-order valence-electron chi connectivity index (χ0n) is 9.97. The Bertz CT molecular complexity index is 466. The number of nitrogens with two attached hydrogens (primary N) is 2. The van der Waals surface area contributed by atoms with Gasteiger partial charge in [0.25, 0.3) is 0 Å². The van der Waals surface area contributed by atoms with E-state index in [0.717, 1.165) is 9.90 Å². The smallest absolute Gasteiger partial charge is 0.350 e. The van der Waals surface area contributed by atoms with Crippen molar-refractivity contribution in [2.24, 2.45) is 11.7 Å². The Kier molecular flexibility index (Phi) is 4.95. The summed E-state index contributed by atoms with van der Waals surface area (Å²) in [7, 11) is 1.28. The molecule has 18 heavy (non-hydrogen) atoms. The number of anilines is 1. The number of esters is 1. The minimum atomic E-state index is -0.692. The highest BCUT2D eigenvalue weighted by Crippen LogP contribution is 2.25. The molecule has 0 heterocycles. The Hall–Kier alpha value is -1.77. The summed E-state index contributed by atoms with van der Waals surface area (Å²) in [5.74, 6) is 10.0. The minimum absolute atomic E-state index is 0.330. The van der Waals surface area contributed by atoms with Gasteiger partial charge in [0.2, 0.25) is 0 Å². The number of carbonyl (C=O) groups is 2. The number of urea groups is 1. The fourth-order valence-corrected chi connectivity index (χ4v) is 1.87. The molecule has 0 atom stereocenters. The van der Waals surface area contributed by atoms with Crippen LogP contribution in [-0.2, 0) is 4.74 Å². The largest absolute Gasteiger partial charge is 0.465 e. The van der Waals surface area contributed by atoms with Crippen molar-refractivity contribution in [3.63, 3.8) is 0 Å². The molecule has 5 N–H and O–H groups in total. The van der Waals surface area contributed by atoms with Crippen molar-refractivity contribution in [1.82, 2.24) is 5.43 Å². The second-order valence-electron chi connectivity index (χ2n) is 3.20. The first-order chi connectivity index (χ1) is 8.54. The number of hydrazine groups is 2. The molecule has 0 spiro atoms. The van der Waals surface area contributed by atoms with E-state index in [0.29, 0.717) is 11.3 Å². The number of ether oxygens (including phenoxy) is 1. The Morgan fingerprint density at radius 3 is 2.61 bits per heavy atom. The van der Waals surface area contributed by atoms with E-state index in [4.69, 9.17) is 11.7 Å². The van der Waals surface area contributed by atoms with Gasteiger partial charge < -0.3 is 4.74 Å². The molecule has 0 aliphatic rings. The number of carbonyl (C=O) groups excluding carboxylic acids is 2. The highest BCUT2D eigenvalue weighted by atomic mass is 32.2. The van der Waals surface area contributed by atoms with Crippen LogP contribution in [0.1, 0.15) is 10.4 Å². The van der Waals surface area contributed by atoms with Gasteiger partial charge in [-0.15, -0.1) is 11.8 Å². The summed E-state index contributed by atoms with van der Waals surface area (Å²) in [6, 6.07) is 4.05. The number of nitrogens with one attached hydrogen (secondary N) is 1. The first-order valence-corrected chi connectivity index (χ1v) is 6.09. The number of amides is 2. The van der Waals surface area contributed by atoms with Gasteiger partial charge in [0.15, 0.2) is 0 Å². The molecule has 0 aliphatic heterocycles. The van der Waals surface area contributed by atoms with Crippen molar-refractivity contribution in [1.29, 1.82) is 0 Å². The van der Waals surface area contributed by atoms with Crippen LogP contribution in [0.3, 0.4) is 0 Å². The molecule has 0 unspecified atom stereocenters. The maximum absolute atomic E-state index is 11.6. The summed E-state index contributed by atoms with van der Waals surface area (Å²) in [6.45, 7) is 0. The van der Waals surface area contributed by atoms with E-state index >= 15 is 0 Å². The van der Waals surface area contributed by atoms with Gasteiger partial charge in [-0.3, -0.25) is 5.43 Å². The van der Waals surface area contributed by atoms with Gasteiger partial charge in [-0.05, 0) is 24.5 Å². The number of hydrogen-bond acceptors (Lipinski definition) is 6. The van der Waals surface area contributed by atoms with Crippen molar-refractivity contribution in [2.45, 2.75) is 4.90 Å². The van der Waals surface area contributed by atoms with E-state index in [1.807, 2.05) is 11.7 Å². The summed E-state index contributed by atoms with van der Waals surface area (Å²) in [4.78, 5) is 23.6. The van der Waals surface area contributed by atoms with E-state index in [-0.39, 0.29) is 0 Å². The molecular formula is C10H14N4O3S. The molecule has 1 aromatic rings. The number of rotatable bonds is 3. The predicted molar refractivity (Wildman–Crippen MR) is 68.9 cm³/mol. The van der Waals surface area contributed by atoms with Gasteiger partial charge >= 0.3 is 12.0 Å². The van der Waals surface area contributed by atoms with Crippen LogP contribution < -0.4 is 22.1 Å². The predicted octanol–water partition coefficient (Wildman–Crippen LogP) is 0.459. The number of methoxy groups -OCH3 is 1. The topological polar surface area (TPSA) is 111 Å². The molecule has 0 saturated heterocycles. The third-order valence-corrected chi connectivity index (χ3v) is 3.00. The van der Waals surface area contributed by atoms with Crippen molar-refractivity contribution in [2.75, 3.05) is 18.4 Å². The number of thioether (sulfide) groups is 1. The Balaban J connectivity index is 3.18. The average Bonchev–Trinajstić information content (AvgIpc) is 2.43. The molecule has 1 aromatic carbocycles. The molecule has 0 aromatic heterocycles. The normalized spacial score (nSPS) is 9.78. The van der Waals surface area contributed by atoms with E-state index < -0.39 is 12.0 Å². The van der Waals surface area contributed by atoms with Crippen molar-refractivity contribution < 1.29 is 14.3 Å². The van der Waals surface area contributed by atoms with Gasteiger partial charge in [-0.25, -0.2) is 26.3 Å². The maximum Gasteiger partial charge on any atom is 0.350 e. The van der Waals surface area contributed by atoms with Crippen LogP contribution in [0.4, 0.5) is 10.5 Å². The minimum Gasteiger partial charge on any atom is -0.465 e. The van der Waals surface area contributed by atoms with Gasteiger partial charge in [0.1, 0.15) is 0 Å². The zero-order chi connectivity index (χ0) is 13.7.